The minimum atomic E-state index is -0.624. The Morgan fingerprint density at radius 2 is 1.95 bits per heavy atom. The molecule has 0 aliphatic heterocycles. The molecule has 2 aromatic carbocycles. The van der Waals surface area contributed by atoms with Gasteiger partial charge >= 0.3 is 0 Å². The van der Waals surface area contributed by atoms with Gasteiger partial charge in [0.1, 0.15) is 0 Å². The number of nitrogens with one attached hydrogen (secondary N) is 1. The van der Waals surface area contributed by atoms with E-state index in [1.807, 2.05) is 0 Å². The maximum atomic E-state index is 13.6. The van der Waals surface area contributed by atoms with Crippen molar-refractivity contribution in [3.8, 4) is 5.75 Å². The first-order valence-corrected chi connectivity index (χ1v) is 6.54. The van der Waals surface area contributed by atoms with Crippen molar-refractivity contribution < 1.29 is 19.0 Å². The van der Waals surface area contributed by atoms with Crippen molar-refractivity contribution in [3.05, 3.63) is 58.9 Å². The summed E-state index contributed by atoms with van der Waals surface area (Å²) in [6, 6.07) is 10.6. The smallest absolute Gasteiger partial charge is 0.262 e. The summed E-state index contributed by atoms with van der Waals surface area (Å²) in [7, 11) is 0. The van der Waals surface area contributed by atoms with Gasteiger partial charge in [-0.1, -0.05) is 17.7 Å². The highest BCUT2D eigenvalue weighted by atomic mass is 35.5. The van der Waals surface area contributed by atoms with Gasteiger partial charge in [0.15, 0.2) is 18.2 Å². The second kappa shape index (κ2) is 7.06. The molecular weight excluding hydrogens is 297 g/mol. The first-order valence-electron chi connectivity index (χ1n) is 6.16. The van der Waals surface area contributed by atoms with Crippen molar-refractivity contribution >= 4 is 23.2 Å². The number of hydrogen-bond acceptors (Lipinski definition) is 3. The maximum absolute atomic E-state index is 13.6. The van der Waals surface area contributed by atoms with Gasteiger partial charge in [0, 0.05) is 10.7 Å². The molecule has 4 nitrogen and oxygen atoms in total. The molecule has 0 bridgehead atoms. The van der Waals surface area contributed by atoms with Crippen LogP contribution in [0.25, 0.3) is 0 Å². The van der Waals surface area contributed by atoms with E-state index in [0.29, 0.717) is 16.3 Å². The van der Waals surface area contributed by atoms with Crippen molar-refractivity contribution in [2.24, 2.45) is 0 Å². The third kappa shape index (κ3) is 4.44. The molecule has 0 atom stereocenters. The van der Waals surface area contributed by atoms with Crippen LogP contribution >= 0.6 is 11.6 Å². The predicted molar refractivity (Wildman–Crippen MR) is 77.9 cm³/mol. The van der Waals surface area contributed by atoms with Crippen LogP contribution in [0, 0.1) is 5.82 Å². The molecule has 0 spiro atoms. The molecule has 6 heteroatoms. The second-order valence-electron chi connectivity index (χ2n) is 4.27. The highest BCUT2D eigenvalue weighted by Crippen LogP contribution is 2.18. The molecule has 0 saturated heterocycles. The van der Waals surface area contributed by atoms with Crippen LogP contribution in [0.1, 0.15) is 5.56 Å². The van der Waals surface area contributed by atoms with Gasteiger partial charge in [0.25, 0.3) is 5.91 Å². The Morgan fingerprint density at radius 1 is 1.24 bits per heavy atom. The van der Waals surface area contributed by atoms with Crippen LogP contribution in [0.5, 0.6) is 5.75 Å². The molecule has 2 N–H and O–H groups in total. The number of ether oxygens (including phenoxy) is 1. The van der Waals surface area contributed by atoms with E-state index in [0.717, 1.165) is 6.07 Å². The number of aliphatic hydroxyl groups excluding tert-OH is 1. The first kappa shape index (κ1) is 15.3. The van der Waals surface area contributed by atoms with E-state index in [4.69, 9.17) is 21.4 Å². The van der Waals surface area contributed by atoms with Gasteiger partial charge in [-0.15, -0.1) is 0 Å². The van der Waals surface area contributed by atoms with Crippen molar-refractivity contribution in [1.82, 2.24) is 0 Å². The summed E-state index contributed by atoms with van der Waals surface area (Å²) in [4.78, 5) is 11.7. The Bertz CT molecular complexity index is 631. The van der Waals surface area contributed by atoms with E-state index in [9.17, 15) is 9.18 Å². The monoisotopic (exact) mass is 309 g/mol. The molecule has 110 valence electrons. The Kier molecular flexibility index (Phi) is 5.14. The van der Waals surface area contributed by atoms with Gasteiger partial charge in [-0.2, -0.15) is 0 Å². The molecule has 21 heavy (non-hydrogen) atoms. The first-order chi connectivity index (χ1) is 10.1. The molecule has 0 aromatic heterocycles. The fraction of sp³-hybridized carbons (Fsp3) is 0.133. The topological polar surface area (TPSA) is 58.6 Å². The van der Waals surface area contributed by atoms with Crippen molar-refractivity contribution in [1.29, 1.82) is 0 Å². The van der Waals surface area contributed by atoms with E-state index in [2.05, 4.69) is 5.32 Å². The summed E-state index contributed by atoms with van der Waals surface area (Å²) in [6.45, 7) is -0.577. The fourth-order valence-electron chi connectivity index (χ4n) is 1.63. The molecular formula is C15H13ClFNO3. The third-order valence-electron chi connectivity index (χ3n) is 2.67. The van der Waals surface area contributed by atoms with Gasteiger partial charge < -0.3 is 15.2 Å². The number of carbonyl (C=O) groups is 1. The lowest BCUT2D eigenvalue weighted by Crippen LogP contribution is -2.20. The van der Waals surface area contributed by atoms with Crippen LogP contribution < -0.4 is 10.1 Å². The largest absolute Gasteiger partial charge is 0.481 e. The minimum Gasteiger partial charge on any atom is -0.481 e. The van der Waals surface area contributed by atoms with E-state index >= 15 is 0 Å². The van der Waals surface area contributed by atoms with Gasteiger partial charge in [-0.05, 0) is 42.0 Å². The number of rotatable bonds is 5. The Balaban J connectivity index is 1.90. The Labute approximate surface area is 126 Å². The van der Waals surface area contributed by atoms with E-state index < -0.39 is 11.7 Å². The lowest BCUT2D eigenvalue weighted by molar-refractivity contribution is -0.118. The number of anilines is 1. The molecule has 2 rings (SSSR count). The number of benzene rings is 2. The number of hydrogen-bond donors (Lipinski definition) is 2. The standard InChI is InChI=1S/C15H13ClFNO3/c16-11-2-4-12(5-3-11)18-15(20)9-21-14-6-1-10(8-19)7-13(14)17/h1-7,19H,8-9H2,(H,18,20). The SMILES string of the molecule is O=C(COc1ccc(CO)cc1F)Nc1ccc(Cl)cc1. The van der Waals surface area contributed by atoms with Crippen LogP contribution in [0.4, 0.5) is 10.1 Å². The van der Waals surface area contributed by atoms with Crippen LogP contribution in [0.15, 0.2) is 42.5 Å². The molecule has 0 unspecified atom stereocenters. The van der Waals surface area contributed by atoms with E-state index in [1.165, 1.54) is 12.1 Å². The highest BCUT2D eigenvalue weighted by Gasteiger charge is 2.08. The molecule has 1 amide bonds. The zero-order chi connectivity index (χ0) is 15.2. The van der Waals surface area contributed by atoms with Crippen molar-refractivity contribution in [2.75, 3.05) is 11.9 Å². The van der Waals surface area contributed by atoms with Crippen molar-refractivity contribution in [3.63, 3.8) is 0 Å². The molecule has 0 saturated carbocycles. The van der Waals surface area contributed by atoms with Crippen LogP contribution in [0.3, 0.4) is 0 Å². The van der Waals surface area contributed by atoms with Gasteiger partial charge in [0.05, 0.1) is 6.61 Å². The lowest BCUT2D eigenvalue weighted by atomic mass is 10.2. The van der Waals surface area contributed by atoms with Crippen molar-refractivity contribution in [2.45, 2.75) is 6.61 Å². The summed E-state index contributed by atoms with van der Waals surface area (Å²) in [5.74, 6) is -1.08. The maximum Gasteiger partial charge on any atom is 0.262 e. The normalized spacial score (nSPS) is 10.2. The lowest BCUT2D eigenvalue weighted by Gasteiger charge is -2.09. The predicted octanol–water partition coefficient (Wildman–Crippen LogP) is 2.99. The molecule has 0 fully saturated rings. The average Bonchev–Trinajstić information content (AvgIpc) is 2.48. The Hall–Kier alpha value is -2.11. The minimum absolute atomic E-state index is 0.0431. The van der Waals surface area contributed by atoms with Gasteiger partial charge in [-0.3, -0.25) is 4.79 Å². The average molecular weight is 310 g/mol. The summed E-state index contributed by atoms with van der Waals surface area (Å²) in [6.07, 6.45) is 0. The summed E-state index contributed by atoms with van der Waals surface area (Å²) in [5.41, 5.74) is 1.01. The molecule has 0 radical (unpaired) electrons. The second-order valence-corrected chi connectivity index (χ2v) is 4.70. The third-order valence-corrected chi connectivity index (χ3v) is 2.92. The quantitative estimate of drug-likeness (QED) is 0.892. The molecule has 2 aromatic rings. The van der Waals surface area contributed by atoms with E-state index in [1.54, 1.807) is 24.3 Å². The molecule has 0 aliphatic rings. The highest BCUT2D eigenvalue weighted by molar-refractivity contribution is 6.30. The molecule has 0 heterocycles. The van der Waals surface area contributed by atoms with Gasteiger partial charge in [0.2, 0.25) is 0 Å². The number of carbonyl (C=O) groups excluding carboxylic acids is 1. The summed E-state index contributed by atoms with van der Waals surface area (Å²) >= 11 is 5.73. The van der Waals surface area contributed by atoms with Crippen LogP contribution in [-0.4, -0.2) is 17.6 Å². The zero-order valence-corrected chi connectivity index (χ0v) is 11.7. The number of halogens is 2. The fourth-order valence-corrected chi connectivity index (χ4v) is 1.76. The zero-order valence-electron chi connectivity index (χ0n) is 11.0. The Morgan fingerprint density at radius 3 is 2.57 bits per heavy atom. The van der Waals surface area contributed by atoms with Gasteiger partial charge in [-0.25, -0.2) is 4.39 Å². The number of amides is 1. The molecule has 0 aliphatic carbocycles. The van der Waals surface area contributed by atoms with Crippen LogP contribution in [-0.2, 0) is 11.4 Å². The number of aliphatic hydroxyl groups is 1. The van der Waals surface area contributed by atoms with Crippen LogP contribution in [0.2, 0.25) is 5.02 Å². The summed E-state index contributed by atoms with van der Waals surface area (Å²) in [5, 5.41) is 12.0. The summed E-state index contributed by atoms with van der Waals surface area (Å²) < 4.78 is 18.7. The van der Waals surface area contributed by atoms with E-state index in [-0.39, 0.29) is 19.0 Å².